The highest BCUT2D eigenvalue weighted by molar-refractivity contribution is 7.88. The number of benzene rings is 2. The van der Waals surface area contributed by atoms with Gasteiger partial charge in [0.25, 0.3) is 0 Å². The lowest BCUT2D eigenvalue weighted by molar-refractivity contribution is 0.294. The van der Waals surface area contributed by atoms with Crippen molar-refractivity contribution in [2.24, 2.45) is 0 Å². The standard InChI is InChI=1S/C21H27NO4S/c1-15-6-8-16(9-7-15)13-27(23,24)22-12-17-10-19(25-4)20(26-5)11-18(17)21(2,3)14-22/h6-11H,12-14H2,1-5H3. The Balaban J connectivity index is 1.94. The number of nitrogens with zero attached hydrogens (tertiary/aromatic N) is 1. The molecule has 6 heteroatoms. The zero-order valence-electron chi connectivity index (χ0n) is 16.6. The molecule has 0 N–H and O–H groups in total. The second kappa shape index (κ2) is 7.17. The zero-order valence-corrected chi connectivity index (χ0v) is 17.4. The largest absolute Gasteiger partial charge is 0.493 e. The molecule has 1 aliphatic rings. The van der Waals surface area contributed by atoms with Crippen molar-refractivity contribution in [1.82, 2.24) is 4.31 Å². The van der Waals surface area contributed by atoms with Gasteiger partial charge in [-0.2, -0.15) is 4.31 Å². The van der Waals surface area contributed by atoms with Gasteiger partial charge in [-0.05, 0) is 35.7 Å². The van der Waals surface area contributed by atoms with Crippen molar-refractivity contribution < 1.29 is 17.9 Å². The van der Waals surface area contributed by atoms with E-state index < -0.39 is 10.0 Å². The second-order valence-corrected chi connectivity index (χ2v) is 9.73. The molecule has 2 aromatic carbocycles. The Morgan fingerprint density at radius 2 is 1.63 bits per heavy atom. The van der Waals surface area contributed by atoms with E-state index in [1.165, 1.54) is 0 Å². The lowest BCUT2D eigenvalue weighted by Crippen LogP contribution is -2.45. The molecule has 0 fully saturated rings. The van der Waals surface area contributed by atoms with Crippen LogP contribution in [0.5, 0.6) is 11.5 Å². The van der Waals surface area contributed by atoms with Crippen LogP contribution in [0.4, 0.5) is 0 Å². The van der Waals surface area contributed by atoms with Crippen molar-refractivity contribution in [3.63, 3.8) is 0 Å². The minimum atomic E-state index is -3.44. The van der Waals surface area contributed by atoms with Crippen LogP contribution in [0, 0.1) is 6.92 Å². The molecule has 5 nitrogen and oxygen atoms in total. The van der Waals surface area contributed by atoms with Gasteiger partial charge in [-0.1, -0.05) is 43.7 Å². The summed E-state index contributed by atoms with van der Waals surface area (Å²) in [6, 6.07) is 11.5. The number of rotatable bonds is 5. The molecule has 0 amide bonds. The Hall–Kier alpha value is -2.05. The predicted molar refractivity (Wildman–Crippen MR) is 107 cm³/mol. The molecule has 0 spiro atoms. The van der Waals surface area contributed by atoms with Crippen LogP contribution in [0.3, 0.4) is 0 Å². The Labute approximate surface area is 162 Å². The van der Waals surface area contributed by atoms with Gasteiger partial charge in [-0.3, -0.25) is 0 Å². The fourth-order valence-corrected chi connectivity index (χ4v) is 5.29. The maximum Gasteiger partial charge on any atom is 0.218 e. The molecule has 2 aromatic rings. The van der Waals surface area contributed by atoms with E-state index in [0.717, 1.165) is 22.3 Å². The number of ether oxygens (including phenoxy) is 2. The molecule has 0 aromatic heterocycles. The van der Waals surface area contributed by atoms with E-state index in [4.69, 9.17) is 9.47 Å². The van der Waals surface area contributed by atoms with E-state index in [1.807, 2.05) is 43.3 Å². The lowest BCUT2D eigenvalue weighted by Gasteiger charge is -2.39. The topological polar surface area (TPSA) is 55.8 Å². The molecular weight excluding hydrogens is 362 g/mol. The molecular formula is C21H27NO4S. The van der Waals surface area contributed by atoms with Gasteiger partial charge in [0.1, 0.15) is 0 Å². The van der Waals surface area contributed by atoms with Crippen LogP contribution >= 0.6 is 0 Å². The monoisotopic (exact) mass is 389 g/mol. The van der Waals surface area contributed by atoms with Crippen LogP contribution in [0.2, 0.25) is 0 Å². The van der Waals surface area contributed by atoms with Crippen molar-refractivity contribution in [2.75, 3.05) is 20.8 Å². The Bertz CT molecular complexity index is 933. The Morgan fingerprint density at radius 1 is 1.04 bits per heavy atom. The van der Waals surface area contributed by atoms with E-state index in [-0.39, 0.29) is 11.2 Å². The second-order valence-electron chi connectivity index (χ2n) is 7.76. The molecule has 0 atom stereocenters. The molecule has 146 valence electrons. The molecule has 0 bridgehead atoms. The SMILES string of the molecule is COc1cc2c(cc1OC)C(C)(C)CN(S(=O)(=O)Cc1ccc(C)cc1)C2. The van der Waals surface area contributed by atoms with Crippen LogP contribution < -0.4 is 9.47 Å². The number of sulfonamides is 1. The van der Waals surface area contributed by atoms with E-state index >= 15 is 0 Å². The van der Waals surface area contributed by atoms with E-state index in [2.05, 4.69) is 13.8 Å². The first-order valence-electron chi connectivity index (χ1n) is 8.95. The summed E-state index contributed by atoms with van der Waals surface area (Å²) in [7, 11) is -0.240. The molecule has 3 rings (SSSR count). The molecule has 0 saturated carbocycles. The third-order valence-electron chi connectivity index (χ3n) is 5.12. The minimum absolute atomic E-state index is 0.00594. The van der Waals surface area contributed by atoms with Crippen LogP contribution in [0.25, 0.3) is 0 Å². The van der Waals surface area contributed by atoms with E-state index in [1.54, 1.807) is 18.5 Å². The summed E-state index contributed by atoms with van der Waals surface area (Å²) in [5, 5.41) is 0. The zero-order chi connectivity index (χ0) is 19.8. The van der Waals surface area contributed by atoms with Crippen molar-refractivity contribution in [3.05, 3.63) is 58.7 Å². The van der Waals surface area contributed by atoms with Gasteiger partial charge in [0.15, 0.2) is 11.5 Å². The maximum absolute atomic E-state index is 13.1. The van der Waals surface area contributed by atoms with Gasteiger partial charge in [-0.15, -0.1) is 0 Å². The summed E-state index contributed by atoms with van der Waals surface area (Å²) in [4.78, 5) is 0. The Morgan fingerprint density at radius 3 is 2.22 bits per heavy atom. The number of hydrogen-bond acceptors (Lipinski definition) is 4. The Kier molecular flexibility index (Phi) is 5.23. The third-order valence-corrected chi connectivity index (χ3v) is 6.86. The van der Waals surface area contributed by atoms with Gasteiger partial charge in [-0.25, -0.2) is 8.42 Å². The summed E-state index contributed by atoms with van der Waals surface area (Å²) < 4.78 is 38.6. The first-order valence-corrected chi connectivity index (χ1v) is 10.6. The average molecular weight is 390 g/mol. The molecule has 0 unspecified atom stereocenters. The van der Waals surface area contributed by atoms with Crippen LogP contribution in [-0.2, 0) is 27.7 Å². The molecule has 0 saturated heterocycles. The minimum Gasteiger partial charge on any atom is -0.493 e. The van der Waals surface area contributed by atoms with Gasteiger partial charge in [0.2, 0.25) is 10.0 Å². The van der Waals surface area contributed by atoms with Crippen molar-refractivity contribution in [2.45, 2.75) is 38.5 Å². The van der Waals surface area contributed by atoms with Crippen LogP contribution in [0.1, 0.15) is 36.1 Å². The number of aryl methyl sites for hydroxylation is 1. The van der Waals surface area contributed by atoms with Crippen LogP contribution in [0.15, 0.2) is 36.4 Å². The predicted octanol–water partition coefficient (Wildman–Crippen LogP) is 3.64. The highest BCUT2D eigenvalue weighted by Gasteiger charge is 2.38. The summed E-state index contributed by atoms with van der Waals surface area (Å²) in [5.41, 5.74) is 3.65. The molecule has 0 radical (unpaired) electrons. The van der Waals surface area contributed by atoms with Crippen molar-refractivity contribution in [1.29, 1.82) is 0 Å². The number of methoxy groups -OCH3 is 2. The highest BCUT2D eigenvalue weighted by atomic mass is 32.2. The van der Waals surface area contributed by atoms with Gasteiger partial charge >= 0.3 is 0 Å². The highest BCUT2D eigenvalue weighted by Crippen LogP contribution is 2.41. The van der Waals surface area contributed by atoms with Crippen molar-refractivity contribution >= 4 is 10.0 Å². The number of fused-ring (bicyclic) bond motifs is 1. The van der Waals surface area contributed by atoms with E-state index in [9.17, 15) is 8.42 Å². The molecule has 1 aliphatic heterocycles. The summed E-state index contributed by atoms with van der Waals surface area (Å²) >= 11 is 0. The lowest BCUT2D eigenvalue weighted by atomic mass is 9.79. The maximum atomic E-state index is 13.1. The summed E-state index contributed by atoms with van der Waals surface area (Å²) in [6.07, 6.45) is 0. The first-order chi connectivity index (χ1) is 12.7. The fraction of sp³-hybridized carbons (Fsp3) is 0.429. The van der Waals surface area contributed by atoms with Gasteiger partial charge in [0.05, 0.1) is 20.0 Å². The van der Waals surface area contributed by atoms with Crippen LogP contribution in [-0.4, -0.2) is 33.5 Å². The average Bonchev–Trinajstić information content (AvgIpc) is 2.61. The van der Waals surface area contributed by atoms with Crippen molar-refractivity contribution in [3.8, 4) is 11.5 Å². The summed E-state index contributed by atoms with van der Waals surface area (Å²) in [6.45, 7) is 6.89. The normalized spacial score (nSPS) is 16.6. The molecule has 0 aliphatic carbocycles. The quantitative estimate of drug-likeness (QED) is 0.783. The summed E-state index contributed by atoms with van der Waals surface area (Å²) in [5.74, 6) is 1.29. The number of hydrogen-bond donors (Lipinski definition) is 0. The third kappa shape index (κ3) is 3.96. The molecule has 27 heavy (non-hydrogen) atoms. The fourth-order valence-electron chi connectivity index (χ4n) is 3.64. The first kappa shape index (κ1) is 19.7. The van der Waals surface area contributed by atoms with Gasteiger partial charge in [0, 0.05) is 18.5 Å². The molecule has 1 heterocycles. The smallest absolute Gasteiger partial charge is 0.218 e. The van der Waals surface area contributed by atoms with E-state index in [0.29, 0.717) is 24.6 Å². The van der Waals surface area contributed by atoms with Gasteiger partial charge < -0.3 is 9.47 Å².